The molecule has 0 bridgehead atoms. The fourth-order valence-corrected chi connectivity index (χ4v) is 5.54. The van der Waals surface area contributed by atoms with Crippen molar-refractivity contribution < 1.29 is 13.2 Å². The zero-order valence-corrected chi connectivity index (χ0v) is 16.8. The molecule has 1 fully saturated rings. The minimum Gasteiger partial charge on any atom is -0.352 e. The average molecular weight is 412 g/mol. The third kappa shape index (κ3) is 4.15. The van der Waals surface area contributed by atoms with E-state index in [2.05, 4.69) is 15.4 Å². The van der Waals surface area contributed by atoms with Gasteiger partial charge in [-0.25, -0.2) is 8.42 Å². The van der Waals surface area contributed by atoms with E-state index < -0.39 is 10.0 Å². The summed E-state index contributed by atoms with van der Waals surface area (Å²) in [6.45, 7) is 2.80. The molecular formula is C17H22ClN5O3S. The van der Waals surface area contributed by atoms with Gasteiger partial charge in [0, 0.05) is 39.1 Å². The lowest BCUT2D eigenvalue weighted by molar-refractivity contribution is 0.0941. The molecule has 0 saturated carbocycles. The van der Waals surface area contributed by atoms with E-state index in [0.29, 0.717) is 30.9 Å². The lowest BCUT2D eigenvalue weighted by Gasteiger charge is -2.32. The van der Waals surface area contributed by atoms with E-state index >= 15 is 0 Å². The second-order valence-electron chi connectivity index (χ2n) is 6.65. The first-order valence-electron chi connectivity index (χ1n) is 8.68. The van der Waals surface area contributed by atoms with Gasteiger partial charge in [0.25, 0.3) is 5.91 Å². The molecule has 0 spiro atoms. The molecule has 0 unspecified atom stereocenters. The Morgan fingerprint density at radius 3 is 2.85 bits per heavy atom. The molecule has 1 N–H and O–H groups in total. The smallest absolute Gasteiger partial charge is 0.252 e. The van der Waals surface area contributed by atoms with Crippen molar-refractivity contribution in [3.63, 3.8) is 0 Å². The van der Waals surface area contributed by atoms with E-state index in [0.717, 1.165) is 12.8 Å². The second-order valence-corrected chi connectivity index (χ2v) is 8.88. The summed E-state index contributed by atoms with van der Waals surface area (Å²) in [6, 6.07) is 3.39. The molecule has 1 atom stereocenters. The molecule has 0 aliphatic carbocycles. The number of sulfonamides is 1. The number of hydrogen-bond donors (Lipinski definition) is 1. The van der Waals surface area contributed by atoms with Crippen LogP contribution in [0.2, 0.25) is 5.15 Å². The highest BCUT2D eigenvalue weighted by molar-refractivity contribution is 7.89. The summed E-state index contributed by atoms with van der Waals surface area (Å²) in [4.78, 5) is 16.2. The van der Waals surface area contributed by atoms with Gasteiger partial charge in [-0.15, -0.1) is 0 Å². The van der Waals surface area contributed by atoms with E-state index in [-0.39, 0.29) is 21.9 Å². The summed E-state index contributed by atoms with van der Waals surface area (Å²) in [5, 5.41) is 7.07. The molecule has 1 aliphatic heterocycles. The van der Waals surface area contributed by atoms with Crippen molar-refractivity contribution in [1.29, 1.82) is 0 Å². The first kappa shape index (κ1) is 19.8. The Hall–Kier alpha value is -1.97. The van der Waals surface area contributed by atoms with Crippen LogP contribution in [0.1, 0.15) is 28.9 Å². The number of pyridine rings is 1. The van der Waals surface area contributed by atoms with Crippen molar-refractivity contribution >= 4 is 27.5 Å². The zero-order chi connectivity index (χ0) is 19.6. The standard InChI is InChI=1S/C17H22ClN5O3S/c1-12-15(16(18)22(2)21-12)27(25,26)23-8-4-5-13(11-23)9-20-17(24)14-6-3-7-19-10-14/h3,6-7,10,13H,4-5,8-9,11H2,1-2H3,(H,20,24)/t13-/m0/s1. The van der Waals surface area contributed by atoms with Gasteiger partial charge in [-0.05, 0) is 37.8 Å². The monoisotopic (exact) mass is 411 g/mol. The van der Waals surface area contributed by atoms with Crippen LogP contribution < -0.4 is 5.32 Å². The van der Waals surface area contributed by atoms with Gasteiger partial charge in [0.15, 0.2) is 0 Å². The molecule has 3 rings (SSSR count). The van der Waals surface area contributed by atoms with Crippen LogP contribution in [0.5, 0.6) is 0 Å². The van der Waals surface area contributed by atoms with Crippen molar-refractivity contribution in [2.45, 2.75) is 24.7 Å². The van der Waals surface area contributed by atoms with Crippen LogP contribution in [0.15, 0.2) is 29.4 Å². The third-order valence-electron chi connectivity index (χ3n) is 4.65. The van der Waals surface area contributed by atoms with Gasteiger partial charge in [-0.3, -0.25) is 14.5 Å². The van der Waals surface area contributed by atoms with E-state index in [1.807, 2.05) is 0 Å². The Labute approximate surface area is 163 Å². The highest BCUT2D eigenvalue weighted by Gasteiger charge is 2.34. The molecule has 2 aromatic heterocycles. The molecular weight excluding hydrogens is 390 g/mol. The molecule has 2 aromatic rings. The Kier molecular flexibility index (Phi) is 5.83. The third-order valence-corrected chi connectivity index (χ3v) is 7.22. The van der Waals surface area contributed by atoms with Gasteiger partial charge in [0.05, 0.1) is 11.3 Å². The lowest BCUT2D eigenvalue weighted by atomic mass is 9.99. The van der Waals surface area contributed by atoms with Crippen molar-refractivity contribution in [1.82, 2.24) is 24.4 Å². The Morgan fingerprint density at radius 2 is 2.22 bits per heavy atom. The number of aryl methyl sites for hydroxylation is 2. The lowest BCUT2D eigenvalue weighted by Crippen LogP contribution is -2.43. The van der Waals surface area contributed by atoms with Crippen LogP contribution in [-0.4, -0.2) is 53.0 Å². The number of halogens is 1. The highest BCUT2D eigenvalue weighted by atomic mass is 35.5. The van der Waals surface area contributed by atoms with E-state index in [1.54, 1.807) is 32.3 Å². The van der Waals surface area contributed by atoms with E-state index in [9.17, 15) is 13.2 Å². The first-order valence-corrected chi connectivity index (χ1v) is 10.5. The molecule has 10 heteroatoms. The molecule has 1 saturated heterocycles. The van der Waals surface area contributed by atoms with Crippen molar-refractivity contribution in [3.8, 4) is 0 Å². The summed E-state index contributed by atoms with van der Waals surface area (Å²) in [6.07, 6.45) is 4.68. The molecule has 1 aliphatic rings. The van der Waals surface area contributed by atoms with Gasteiger partial charge in [-0.1, -0.05) is 11.6 Å². The maximum absolute atomic E-state index is 13.0. The largest absolute Gasteiger partial charge is 0.352 e. The predicted octanol–water partition coefficient (Wildman–Crippen LogP) is 1.61. The number of aromatic nitrogens is 3. The number of carbonyl (C=O) groups is 1. The summed E-state index contributed by atoms with van der Waals surface area (Å²) >= 11 is 6.16. The van der Waals surface area contributed by atoms with Crippen molar-refractivity contribution in [2.75, 3.05) is 19.6 Å². The minimum atomic E-state index is -3.73. The highest BCUT2D eigenvalue weighted by Crippen LogP contribution is 2.30. The maximum Gasteiger partial charge on any atom is 0.252 e. The second kappa shape index (κ2) is 7.95. The van der Waals surface area contributed by atoms with Crippen molar-refractivity contribution in [2.24, 2.45) is 13.0 Å². The van der Waals surface area contributed by atoms with Crippen LogP contribution in [0.3, 0.4) is 0 Å². The Morgan fingerprint density at radius 1 is 1.44 bits per heavy atom. The van der Waals surface area contributed by atoms with Gasteiger partial charge >= 0.3 is 0 Å². The normalized spacial score (nSPS) is 18.4. The number of rotatable bonds is 5. The SMILES string of the molecule is Cc1nn(C)c(Cl)c1S(=O)(=O)N1CCC[C@@H](CNC(=O)c2cccnc2)C1. The van der Waals surface area contributed by atoms with Crippen LogP contribution >= 0.6 is 11.6 Å². The van der Waals surface area contributed by atoms with Crippen LogP contribution in [-0.2, 0) is 17.1 Å². The summed E-state index contributed by atoms with van der Waals surface area (Å²) < 4.78 is 28.9. The molecule has 1 amide bonds. The van der Waals surface area contributed by atoms with Gasteiger partial charge in [0.1, 0.15) is 10.0 Å². The number of carbonyl (C=O) groups excluding carboxylic acids is 1. The Bertz CT molecular complexity index is 930. The Balaban J connectivity index is 1.68. The summed E-state index contributed by atoms with van der Waals surface area (Å²) in [5.74, 6) is -0.181. The summed E-state index contributed by atoms with van der Waals surface area (Å²) in [5.41, 5.74) is 0.866. The predicted molar refractivity (Wildman–Crippen MR) is 101 cm³/mol. The topological polar surface area (TPSA) is 97.2 Å². The molecule has 146 valence electrons. The first-order chi connectivity index (χ1) is 12.8. The quantitative estimate of drug-likeness (QED) is 0.806. The number of amides is 1. The molecule has 0 aromatic carbocycles. The van der Waals surface area contributed by atoms with Crippen molar-refractivity contribution in [3.05, 3.63) is 40.9 Å². The minimum absolute atomic E-state index is 0.0323. The van der Waals surface area contributed by atoms with E-state index in [1.165, 1.54) is 15.2 Å². The molecule has 8 nitrogen and oxygen atoms in total. The maximum atomic E-state index is 13.0. The van der Waals surface area contributed by atoms with Crippen LogP contribution in [0, 0.1) is 12.8 Å². The fraction of sp³-hybridized carbons (Fsp3) is 0.471. The van der Waals surface area contributed by atoms with Gasteiger partial charge in [0.2, 0.25) is 10.0 Å². The number of nitrogens with one attached hydrogen (secondary N) is 1. The van der Waals surface area contributed by atoms with Gasteiger partial charge in [-0.2, -0.15) is 9.40 Å². The van der Waals surface area contributed by atoms with Crippen LogP contribution in [0.4, 0.5) is 0 Å². The van der Waals surface area contributed by atoms with Gasteiger partial charge < -0.3 is 5.32 Å². The summed E-state index contributed by atoms with van der Waals surface area (Å²) in [7, 11) is -2.12. The average Bonchev–Trinajstić information content (AvgIpc) is 2.93. The van der Waals surface area contributed by atoms with E-state index in [4.69, 9.17) is 11.6 Å². The van der Waals surface area contributed by atoms with Crippen LogP contribution in [0.25, 0.3) is 0 Å². The molecule has 3 heterocycles. The number of hydrogen-bond acceptors (Lipinski definition) is 5. The number of nitrogens with zero attached hydrogens (tertiary/aromatic N) is 4. The number of piperidine rings is 1. The zero-order valence-electron chi connectivity index (χ0n) is 15.2. The molecule has 0 radical (unpaired) electrons. The molecule has 27 heavy (non-hydrogen) atoms. The fourth-order valence-electron chi connectivity index (χ4n) is 3.28.